The van der Waals surface area contributed by atoms with Gasteiger partial charge in [0.1, 0.15) is 5.82 Å². The van der Waals surface area contributed by atoms with Crippen LogP contribution in [0.5, 0.6) is 0 Å². The van der Waals surface area contributed by atoms with Crippen molar-refractivity contribution in [3.8, 4) is 0 Å². The predicted molar refractivity (Wildman–Crippen MR) is 67.4 cm³/mol. The molecule has 0 atom stereocenters. The number of nitrogens with zero attached hydrogens (tertiary/aromatic N) is 4. The minimum atomic E-state index is 0.412. The summed E-state index contributed by atoms with van der Waals surface area (Å²) >= 11 is 1.70. The molecule has 0 fully saturated rings. The summed E-state index contributed by atoms with van der Waals surface area (Å²) in [5.41, 5.74) is 5.60. The lowest BCUT2D eigenvalue weighted by Crippen LogP contribution is -2.15. The van der Waals surface area contributed by atoms with Gasteiger partial charge in [-0.05, 0) is 14.1 Å². The standard InChI is InChI=1S/C10H19N5S/c1-4-5-15-9(8-11)12-13-10(15)16-7-6-14(2)3/h4H,1,5-8,11H2,2-3H3. The lowest BCUT2D eigenvalue weighted by molar-refractivity contribution is 0.437. The Balaban J connectivity index is 2.63. The molecule has 0 unspecified atom stereocenters. The van der Waals surface area contributed by atoms with E-state index in [0.717, 1.165) is 23.3 Å². The summed E-state index contributed by atoms with van der Waals surface area (Å²) in [6.45, 7) is 5.87. The quantitative estimate of drug-likeness (QED) is 0.559. The summed E-state index contributed by atoms with van der Waals surface area (Å²) in [5.74, 6) is 1.81. The average molecular weight is 241 g/mol. The first-order valence-corrected chi connectivity index (χ1v) is 6.18. The predicted octanol–water partition coefficient (Wildman–Crippen LogP) is 0.577. The van der Waals surface area contributed by atoms with Gasteiger partial charge in [0, 0.05) is 18.8 Å². The molecule has 0 aliphatic carbocycles. The van der Waals surface area contributed by atoms with E-state index in [2.05, 4.69) is 35.8 Å². The van der Waals surface area contributed by atoms with Crippen molar-refractivity contribution in [1.82, 2.24) is 19.7 Å². The Morgan fingerprint density at radius 2 is 2.25 bits per heavy atom. The third-order valence-electron chi connectivity index (χ3n) is 2.06. The van der Waals surface area contributed by atoms with Gasteiger partial charge in [0.25, 0.3) is 0 Å². The Hall–Kier alpha value is -0.850. The molecule has 0 amide bonds. The van der Waals surface area contributed by atoms with Crippen LogP contribution < -0.4 is 5.73 Å². The van der Waals surface area contributed by atoms with E-state index in [1.165, 1.54) is 0 Å². The van der Waals surface area contributed by atoms with Crippen LogP contribution in [0.1, 0.15) is 5.82 Å². The topological polar surface area (TPSA) is 60.0 Å². The van der Waals surface area contributed by atoms with Crippen LogP contribution in [0, 0.1) is 0 Å². The molecule has 2 N–H and O–H groups in total. The lowest BCUT2D eigenvalue weighted by atomic mass is 10.5. The van der Waals surface area contributed by atoms with Crippen molar-refractivity contribution in [3.05, 3.63) is 18.5 Å². The molecule has 1 heterocycles. The van der Waals surface area contributed by atoms with Crippen molar-refractivity contribution in [2.24, 2.45) is 5.73 Å². The number of thioether (sulfide) groups is 1. The SMILES string of the molecule is C=CCn1c(CN)nnc1SCCN(C)C. The number of allylic oxidation sites excluding steroid dienone is 1. The highest BCUT2D eigenvalue weighted by Gasteiger charge is 2.09. The minimum Gasteiger partial charge on any atom is -0.324 e. The maximum Gasteiger partial charge on any atom is 0.191 e. The van der Waals surface area contributed by atoms with Crippen molar-refractivity contribution < 1.29 is 0 Å². The zero-order valence-electron chi connectivity index (χ0n) is 9.89. The van der Waals surface area contributed by atoms with Gasteiger partial charge in [0.15, 0.2) is 5.16 Å². The summed E-state index contributed by atoms with van der Waals surface area (Å²) in [5, 5.41) is 9.11. The molecule has 0 aromatic carbocycles. The summed E-state index contributed by atoms with van der Waals surface area (Å²) < 4.78 is 2.01. The minimum absolute atomic E-state index is 0.412. The fraction of sp³-hybridized carbons (Fsp3) is 0.600. The van der Waals surface area contributed by atoms with Gasteiger partial charge in [-0.15, -0.1) is 16.8 Å². The van der Waals surface area contributed by atoms with Crippen molar-refractivity contribution in [3.63, 3.8) is 0 Å². The average Bonchev–Trinajstić information content (AvgIpc) is 2.61. The molecule has 90 valence electrons. The van der Waals surface area contributed by atoms with Gasteiger partial charge >= 0.3 is 0 Å². The second-order valence-electron chi connectivity index (χ2n) is 3.65. The van der Waals surface area contributed by atoms with Gasteiger partial charge in [-0.3, -0.25) is 0 Å². The largest absolute Gasteiger partial charge is 0.324 e. The molecule has 6 heteroatoms. The van der Waals surface area contributed by atoms with Gasteiger partial charge in [-0.25, -0.2) is 0 Å². The zero-order chi connectivity index (χ0) is 12.0. The summed E-state index contributed by atoms with van der Waals surface area (Å²) in [6, 6.07) is 0. The normalized spacial score (nSPS) is 11.0. The van der Waals surface area contributed by atoms with Crippen LogP contribution in [-0.4, -0.2) is 46.1 Å². The van der Waals surface area contributed by atoms with Gasteiger partial charge in [-0.1, -0.05) is 17.8 Å². The van der Waals surface area contributed by atoms with Crippen molar-refractivity contribution in [2.75, 3.05) is 26.4 Å². The number of hydrogen-bond donors (Lipinski definition) is 1. The molecule has 1 rings (SSSR count). The fourth-order valence-electron chi connectivity index (χ4n) is 1.21. The van der Waals surface area contributed by atoms with Gasteiger partial charge < -0.3 is 15.2 Å². The van der Waals surface area contributed by atoms with E-state index < -0.39 is 0 Å². The molecule has 0 saturated heterocycles. The van der Waals surface area contributed by atoms with Gasteiger partial charge in [-0.2, -0.15) is 0 Å². The molecule has 0 aliphatic heterocycles. The summed E-state index contributed by atoms with van der Waals surface area (Å²) in [4.78, 5) is 2.14. The Morgan fingerprint density at radius 1 is 1.50 bits per heavy atom. The second kappa shape index (κ2) is 6.67. The molecule has 1 aromatic rings. The molecule has 0 saturated carbocycles. The summed E-state index contributed by atoms with van der Waals surface area (Å²) in [6.07, 6.45) is 1.83. The molecule has 0 bridgehead atoms. The second-order valence-corrected chi connectivity index (χ2v) is 4.72. The van der Waals surface area contributed by atoms with Crippen LogP contribution in [0.4, 0.5) is 0 Å². The van der Waals surface area contributed by atoms with Crippen LogP contribution in [0.3, 0.4) is 0 Å². The highest BCUT2D eigenvalue weighted by molar-refractivity contribution is 7.99. The van der Waals surface area contributed by atoms with E-state index in [1.807, 2.05) is 10.6 Å². The van der Waals surface area contributed by atoms with Crippen molar-refractivity contribution >= 4 is 11.8 Å². The van der Waals surface area contributed by atoms with E-state index in [1.54, 1.807) is 11.8 Å². The molecule has 5 nitrogen and oxygen atoms in total. The first-order valence-electron chi connectivity index (χ1n) is 5.19. The van der Waals surface area contributed by atoms with E-state index >= 15 is 0 Å². The maximum absolute atomic E-state index is 5.60. The molecule has 16 heavy (non-hydrogen) atoms. The Morgan fingerprint density at radius 3 is 2.81 bits per heavy atom. The van der Waals surface area contributed by atoms with Crippen molar-refractivity contribution in [2.45, 2.75) is 18.2 Å². The number of rotatable bonds is 7. The number of nitrogens with two attached hydrogens (primary N) is 1. The highest BCUT2D eigenvalue weighted by Crippen LogP contribution is 2.16. The van der Waals surface area contributed by atoms with Crippen LogP contribution >= 0.6 is 11.8 Å². The number of aromatic nitrogens is 3. The van der Waals surface area contributed by atoms with Gasteiger partial charge in [0.2, 0.25) is 0 Å². The molecule has 1 aromatic heterocycles. The molecule has 0 spiro atoms. The Kier molecular flexibility index (Phi) is 5.51. The number of hydrogen-bond acceptors (Lipinski definition) is 5. The fourth-order valence-corrected chi connectivity index (χ4v) is 2.28. The Labute approximate surface area is 101 Å². The highest BCUT2D eigenvalue weighted by atomic mass is 32.2. The molecular formula is C10H19N5S. The lowest BCUT2D eigenvalue weighted by Gasteiger charge is -2.09. The van der Waals surface area contributed by atoms with E-state index in [4.69, 9.17) is 5.73 Å². The molecule has 0 radical (unpaired) electrons. The van der Waals surface area contributed by atoms with Crippen LogP contribution in [0.25, 0.3) is 0 Å². The van der Waals surface area contributed by atoms with Crippen LogP contribution in [0.2, 0.25) is 0 Å². The zero-order valence-corrected chi connectivity index (χ0v) is 10.7. The molecule has 0 aliphatic rings. The monoisotopic (exact) mass is 241 g/mol. The Bertz CT molecular complexity index is 334. The first-order chi connectivity index (χ1) is 7.69. The van der Waals surface area contributed by atoms with E-state index in [0.29, 0.717) is 13.1 Å². The molecular weight excluding hydrogens is 222 g/mol. The third-order valence-corrected chi connectivity index (χ3v) is 3.00. The van der Waals surface area contributed by atoms with E-state index in [9.17, 15) is 0 Å². The van der Waals surface area contributed by atoms with E-state index in [-0.39, 0.29) is 0 Å². The summed E-state index contributed by atoms with van der Waals surface area (Å²) in [7, 11) is 4.11. The van der Waals surface area contributed by atoms with Crippen LogP contribution in [0.15, 0.2) is 17.8 Å². The smallest absolute Gasteiger partial charge is 0.191 e. The first kappa shape index (κ1) is 13.2. The van der Waals surface area contributed by atoms with Crippen molar-refractivity contribution in [1.29, 1.82) is 0 Å². The third kappa shape index (κ3) is 3.62. The maximum atomic E-state index is 5.60. The van der Waals surface area contributed by atoms with Gasteiger partial charge in [0.05, 0.1) is 6.54 Å². The van der Waals surface area contributed by atoms with Crippen LogP contribution in [-0.2, 0) is 13.1 Å².